The van der Waals surface area contributed by atoms with Gasteiger partial charge in [-0.15, -0.1) is 0 Å². The van der Waals surface area contributed by atoms with E-state index in [9.17, 15) is 0 Å². The van der Waals surface area contributed by atoms with Crippen molar-refractivity contribution < 1.29 is 0 Å². The van der Waals surface area contributed by atoms with Gasteiger partial charge in [0.1, 0.15) is 0 Å². The van der Waals surface area contributed by atoms with E-state index in [1.54, 1.807) is 12.1 Å². The summed E-state index contributed by atoms with van der Waals surface area (Å²) in [6.07, 6.45) is 0. The quantitative estimate of drug-likeness (QED) is 0.318. The predicted molar refractivity (Wildman–Crippen MR) is 63.2 cm³/mol. The van der Waals surface area contributed by atoms with E-state index in [4.69, 9.17) is 17.1 Å². The molecule has 0 N–H and O–H groups in total. The maximum atomic E-state index is 8.42. The largest absolute Gasteiger partial charge is 0.0843 e. The molecule has 0 aliphatic carbocycles. The summed E-state index contributed by atoms with van der Waals surface area (Å²) in [5.41, 5.74) is 9.12. The highest BCUT2D eigenvalue weighted by molar-refractivity contribution is 6.89. The van der Waals surface area contributed by atoms with Crippen LogP contribution < -0.4 is 5.19 Å². The van der Waals surface area contributed by atoms with Crippen LogP contribution in [0.5, 0.6) is 0 Å². The third-order valence-electron chi connectivity index (χ3n) is 1.92. The Labute approximate surface area is 89.3 Å². The molecule has 0 unspecified atom stereocenters. The first-order chi connectivity index (χ1) is 6.45. The summed E-state index contributed by atoms with van der Waals surface area (Å²) in [6.45, 7) is 6.57. The molecule has 0 aliphatic rings. The average Bonchev–Trinajstić information content (AvgIpc) is 2.07. The van der Waals surface area contributed by atoms with Crippen molar-refractivity contribution >= 4 is 30.5 Å². The molecule has 0 atom stereocenters. The number of hydrogen-bond acceptors (Lipinski definition) is 1. The van der Waals surface area contributed by atoms with Gasteiger partial charge in [-0.1, -0.05) is 42.4 Å². The predicted octanol–water partition coefficient (Wildman–Crippen LogP) is 3.83. The Hall–Kier alpha value is -0.963. The van der Waals surface area contributed by atoms with Crippen molar-refractivity contribution in [3.8, 4) is 0 Å². The van der Waals surface area contributed by atoms with Gasteiger partial charge in [-0.3, -0.25) is 0 Å². The fraction of sp³-hybridized carbons (Fsp3) is 0.333. The summed E-state index contributed by atoms with van der Waals surface area (Å²) in [7, 11) is -1.50. The van der Waals surface area contributed by atoms with Crippen molar-refractivity contribution in [3.63, 3.8) is 0 Å². The van der Waals surface area contributed by atoms with E-state index in [-0.39, 0.29) is 0 Å². The zero-order valence-electron chi connectivity index (χ0n) is 8.45. The van der Waals surface area contributed by atoms with Crippen LogP contribution in [0, 0.1) is 0 Å². The van der Waals surface area contributed by atoms with Gasteiger partial charge in [-0.05, 0) is 22.9 Å². The highest BCUT2D eigenvalue weighted by Gasteiger charge is 2.19. The Morgan fingerprint density at radius 2 is 2.00 bits per heavy atom. The van der Waals surface area contributed by atoms with Gasteiger partial charge in [0.05, 0.1) is 8.07 Å². The van der Waals surface area contributed by atoms with Crippen LogP contribution in [-0.4, -0.2) is 8.07 Å². The zero-order chi connectivity index (χ0) is 10.8. The van der Waals surface area contributed by atoms with Crippen LogP contribution in [0.25, 0.3) is 10.4 Å². The van der Waals surface area contributed by atoms with Gasteiger partial charge < -0.3 is 0 Å². The van der Waals surface area contributed by atoms with Crippen molar-refractivity contribution in [1.29, 1.82) is 0 Å². The molecule has 3 nitrogen and oxygen atoms in total. The lowest BCUT2D eigenvalue weighted by atomic mass is 10.3. The van der Waals surface area contributed by atoms with Crippen LogP contribution in [-0.2, 0) is 0 Å². The van der Waals surface area contributed by atoms with Gasteiger partial charge in [0.2, 0.25) is 0 Å². The van der Waals surface area contributed by atoms with Crippen molar-refractivity contribution in [3.05, 3.63) is 33.7 Å². The van der Waals surface area contributed by atoms with Crippen LogP contribution in [0.3, 0.4) is 0 Å². The molecule has 0 amide bonds. The molecule has 0 saturated carbocycles. The second kappa shape index (κ2) is 4.05. The number of benzene rings is 1. The van der Waals surface area contributed by atoms with E-state index >= 15 is 0 Å². The normalized spacial score (nSPS) is 10.9. The lowest BCUT2D eigenvalue weighted by molar-refractivity contribution is 1.49. The van der Waals surface area contributed by atoms with Crippen LogP contribution in [0.1, 0.15) is 0 Å². The van der Waals surface area contributed by atoms with Crippen molar-refractivity contribution in [2.75, 3.05) is 0 Å². The second-order valence-electron chi connectivity index (χ2n) is 4.10. The van der Waals surface area contributed by atoms with Gasteiger partial charge in [0, 0.05) is 15.6 Å². The molecule has 0 saturated heterocycles. The number of nitrogens with zero attached hydrogens (tertiary/aromatic N) is 3. The summed E-state index contributed by atoms with van der Waals surface area (Å²) in [5, 5.41) is 5.46. The molecule has 0 bridgehead atoms. The molecule has 1 aromatic rings. The van der Waals surface area contributed by atoms with E-state index in [0.717, 1.165) is 5.19 Å². The Kier molecular flexibility index (Phi) is 3.21. The third kappa shape index (κ3) is 2.51. The standard InChI is InChI=1S/C9H12ClN3Si/c1-14(2,3)9-6-7(10)4-5-8(9)12-13-11/h4-6H,1-3H3. The molecule has 14 heavy (non-hydrogen) atoms. The minimum atomic E-state index is -1.50. The smallest absolute Gasteiger partial charge is 0.0782 e. The molecule has 0 heterocycles. The molecule has 5 heteroatoms. The number of rotatable bonds is 2. The minimum Gasteiger partial charge on any atom is -0.0843 e. The van der Waals surface area contributed by atoms with E-state index < -0.39 is 8.07 Å². The molecule has 0 spiro atoms. The van der Waals surface area contributed by atoms with Gasteiger partial charge in [-0.25, -0.2) is 0 Å². The lowest BCUT2D eigenvalue weighted by Crippen LogP contribution is -2.37. The molecular weight excluding hydrogens is 214 g/mol. The molecule has 1 rings (SSSR count). The van der Waals surface area contributed by atoms with Gasteiger partial charge >= 0.3 is 0 Å². The first kappa shape index (κ1) is 11.1. The van der Waals surface area contributed by atoms with Gasteiger partial charge in [0.15, 0.2) is 0 Å². The number of azide groups is 1. The van der Waals surface area contributed by atoms with E-state index in [1.165, 1.54) is 0 Å². The molecule has 0 radical (unpaired) electrons. The first-order valence-electron chi connectivity index (χ1n) is 4.30. The summed E-state index contributed by atoms with van der Waals surface area (Å²) < 4.78 is 0. The van der Waals surface area contributed by atoms with Crippen LogP contribution in [0.15, 0.2) is 23.3 Å². The van der Waals surface area contributed by atoms with Crippen LogP contribution in [0.2, 0.25) is 24.7 Å². The number of hydrogen-bond donors (Lipinski definition) is 0. The van der Waals surface area contributed by atoms with Crippen LogP contribution >= 0.6 is 11.6 Å². The molecule has 0 aliphatic heterocycles. The van der Waals surface area contributed by atoms with Crippen molar-refractivity contribution in [2.45, 2.75) is 19.6 Å². The summed E-state index contributed by atoms with van der Waals surface area (Å²) in [4.78, 5) is 2.81. The highest BCUT2D eigenvalue weighted by atomic mass is 35.5. The topological polar surface area (TPSA) is 48.8 Å². The van der Waals surface area contributed by atoms with Gasteiger partial charge in [-0.2, -0.15) is 0 Å². The fourth-order valence-electron chi connectivity index (χ4n) is 1.24. The first-order valence-corrected chi connectivity index (χ1v) is 8.18. The van der Waals surface area contributed by atoms with Gasteiger partial charge in [0.25, 0.3) is 0 Å². The van der Waals surface area contributed by atoms with E-state index in [0.29, 0.717) is 10.7 Å². The average molecular weight is 226 g/mol. The monoisotopic (exact) mass is 225 g/mol. The Morgan fingerprint density at radius 1 is 1.36 bits per heavy atom. The van der Waals surface area contributed by atoms with Crippen LogP contribution in [0.4, 0.5) is 5.69 Å². The Morgan fingerprint density at radius 3 is 2.50 bits per heavy atom. The lowest BCUT2D eigenvalue weighted by Gasteiger charge is -2.19. The summed E-state index contributed by atoms with van der Waals surface area (Å²) >= 11 is 5.91. The Bertz CT molecular complexity index is 392. The molecule has 74 valence electrons. The summed E-state index contributed by atoms with van der Waals surface area (Å²) in [6, 6.07) is 5.42. The number of halogens is 1. The molecule has 1 aromatic carbocycles. The molecule has 0 aromatic heterocycles. The summed E-state index contributed by atoms with van der Waals surface area (Å²) in [5.74, 6) is 0. The van der Waals surface area contributed by atoms with Crippen molar-refractivity contribution in [2.24, 2.45) is 5.11 Å². The molecule has 0 fully saturated rings. The zero-order valence-corrected chi connectivity index (χ0v) is 10.2. The third-order valence-corrected chi connectivity index (χ3v) is 4.17. The Balaban J connectivity index is 3.37. The SMILES string of the molecule is C[Si](C)(C)c1cc(Cl)ccc1N=[N+]=[N-]. The van der Waals surface area contributed by atoms with E-state index in [1.807, 2.05) is 6.07 Å². The molecular formula is C9H12ClN3Si. The van der Waals surface area contributed by atoms with Crippen molar-refractivity contribution in [1.82, 2.24) is 0 Å². The fourth-order valence-corrected chi connectivity index (χ4v) is 3.00. The highest BCUT2D eigenvalue weighted by Crippen LogP contribution is 2.19. The maximum Gasteiger partial charge on any atom is 0.0782 e. The maximum absolute atomic E-state index is 8.42. The minimum absolute atomic E-state index is 0.694. The van der Waals surface area contributed by atoms with E-state index in [2.05, 4.69) is 29.7 Å². The second-order valence-corrected chi connectivity index (χ2v) is 9.58.